The largest absolute Gasteiger partial charge is 0.493 e. The standard InChI is InChI=1S/C13H16N2O4/c1-4-7-15(9-12(16)17)8-10-13(19-3)11(18-2)5-6-14-10/h1,5-6H,7-9H2,2-3H3,(H,16,17). The van der Waals surface area contributed by atoms with E-state index in [4.69, 9.17) is 21.0 Å². The van der Waals surface area contributed by atoms with Crippen LogP contribution in [0.1, 0.15) is 5.69 Å². The first-order valence-corrected chi connectivity index (χ1v) is 5.55. The second-order valence-corrected chi connectivity index (χ2v) is 3.74. The number of aliphatic carboxylic acids is 1. The van der Waals surface area contributed by atoms with Gasteiger partial charge in [0.2, 0.25) is 0 Å². The van der Waals surface area contributed by atoms with Crippen molar-refractivity contribution in [2.75, 3.05) is 27.3 Å². The predicted octanol–water partition coefficient (Wildman–Crippen LogP) is 0.619. The van der Waals surface area contributed by atoms with Crippen LogP contribution < -0.4 is 9.47 Å². The first kappa shape index (κ1) is 14.8. The molecular formula is C13H16N2O4. The summed E-state index contributed by atoms with van der Waals surface area (Å²) in [4.78, 5) is 16.5. The van der Waals surface area contributed by atoms with Crippen molar-refractivity contribution >= 4 is 5.97 Å². The van der Waals surface area contributed by atoms with Crippen molar-refractivity contribution in [3.05, 3.63) is 18.0 Å². The molecule has 1 heterocycles. The molecule has 0 aromatic carbocycles. The fourth-order valence-corrected chi connectivity index (χ4v) is 1.66. The molecule has 0 bridgehead atoms. The number of hydrogen-bond donors (Lipinski definition) is 1. The highest BCUT2D eigenvalue weighted by molar-refractivity contribution is 5.69. The van der Waals surface area contributed by atoms with Gasteiger partial charge in [-0.15, -0.1) is 6.42 Å². The maximum Gasteiger partial charge on any atom is 0.317 e. The molecular weight excluding hydrogens is 248 g/mol. The van der Waals surface area contributed by atoms with Crippen LogP contribution in [0.15, 0.2) is 12.3 Å². The maximum atomic E-state index is 10.8. The summed E-state index contributed by atoms with van der Waals surface area (Å²) < 4.78 is 10.4. The molecule has 1 N–H and O–H groups in total. The van der Waals surface area contributed by atoms with Gasteiger partial charge < -0.3 is 14.6 Å². The Morgan fingerprint density at radius 1 is 1.53 bits per heavy atom. The van der Waals surface area contributed by atoms with E-state index in [2.05, 4.69) is 10.9 Å². The summed E-state index contributed by atoms with van der Waals surface area (Å²) in [5, 5.41) is 8.83. The van der Waals surface area contributed by atoms with Gasteiger partial charge in [0.25, 0.3) is 0 Å². The minimum absolute atomic E-state index is 0.160. The first-order valence-electron chi connectivity index (χ1n) is 5.55. The van der Waals surface area contributed by atoms with Crippen LogP contribution in [-0.2, 0) is 11.3 Å². The van der Waals surface area contributed by atoms with Crippen molar-refractivity contribution in [2.45, 2.75) is 6.54 Å². The zero-order valence-electron chi connectivity index (χ0n) is 10.9. The van der Waals surface area contributed by atoms with E-state index < -0.39 is 5.97 Å². The van der Waals surface area contributed by atoms with E-state index in [9.17, 15) is 4.79 Å². The Hall–Kier alpha value is -2.26. The van der Waals surface area contributed by atoms with Crippen molar-refractivity contribution in [1.29, 1.82) is 0 Å². The van der Waals surface area contributed by atoms with E-state index in [1.54, 1.807) is 17.2 Å². The summed E-state index contributed by atoms with van der Waals surface area (Å²) in [6.07, 6.45) is 6.80. The van der Waals surface area contributed by atoms with Crippen LogP contribution >= 0.6 is 0 Å². The molecule has 0 saturated heterocycles. The molecule has 0 aliphatic rings. The molecule has 0 unspecified atom stereocenters. The van der Waals surface area contributed by atoms with Crippen LogP contribution in [0, 0.1) is 12.3 Å². The molecule has 0 aliphatic heterocycles. The quantitative estimate of drug-likeness (QED) is 0.728. The van der Waals surface area contributed by atoms with Crippen molar-refractivity contribution in [1.82, 2.24) is 9.88 Å². The molecule has 0 amide bonds. The number of hydrogen-bond acceptors (Lipinski definition) is 5. The third-order valence-electron chi connectivity index (χ3n) is 2.41. The average Bonchev–Trinajstić information content (AvgIpc) is 2.37. The second-order valence-electron chi connectivity index (χ2n) is 3.74. The zero-order valence-corrected chi connectivity index (χ0v) is 10.9. The lowest BCUT2D eigenvalue weighted by molar-refractivity contribution is -0.138. The van der Waals surface area contributed by atoms with E-state index >= 15 is 0 Å². The molecule has 0 saturated carbocycles. The van der Waals surface area contributed by atoms with Crippen molar-refractivity contribution in [3.63, 3.8) is 0 Å². The van der Waals surface area contributed by atoms with Gasteiger partial charge >= 0.3 is 5.97 Å². The van der Waals surface area contributed by atoms with Gasteiger partial charge in [0.05, 0.1) is 27.3 Å². The molecule has 1 aromatic rings. The molecule has 0 spiro atoms. The molecule has 0 radical (unpaired) electrons. The minimum Gasteiger partial charge on any atom is -0.493 e. The number of carbonyl (C=O) groups is 1. The Labute approximate surface area is 112 Å². The van der Waals surface area contributed by atoms with Crippen molar-refractivity contribution in [2.24, 2.45) is 0 Å². The van der Waals surface area contributed by atoms with E-state index in [1.165, 1.54) is 14.2 Å². The monoisotopic (exact) mass is 264 g/mol. The highest BCUT2D eigenvalue weighted by Gasteiger charge is 2.16. The SMILES string of the molecule is C#CCN(CC(=O)O)Cc1nccc(OC)c1OC. The van der Waals surface area contributed by atoms with Gasteiger partial charge in [-0.1, -0.05) is 5.92 Å². The van der Waals surface area contributed by atoms with Gasteiger partial charge in [-0.2, -0.15) is 0 Å². The highest BCUT2D eigenvalue weighted by Crippen LogP contribution is 2.29. The molecule has 19 heavy (non-hydrogen) atoms. The second kappa shape index (κ2) is 7.24. The van der Waals surface area contributed by atoms with E-state index in [0.29, 0.717) is 17.2 Å². The first-order chi connectivity index (χ1) is 9.12. The third-order valence-corrected chi connectivity index (χ3v) is 2.41. The fraction of sp³-hybridized carbons (Fsp3) is 0.385. The van der Waals surface area contributed by atoms with Gasteiger partial charge in [0, 0.05) is 18.8 Å². The number of ether oxygens (including phenoxy) is 2. The summed E-state index contributed by atoms with van der Waals surface area (Å²) in [6, 6.07) is 1.67. The summed E-state index contributed by atoms with van der Waals surface area (Å²) >= 11 is 0. The van der Waals surface area contributed by atoms with Crippen LogP contribution in [0.25, 0.3) is 0 Å². The normalized spacial score (nSPS) is 10.0. The molecule has 0 atom stereocenters. The Balaban J connectivity index is 2.95. The van der Waals surface area contributed by atoms with Crippen molar-refractivity contribution in [3.8, 4) is 23.8 Å². The lowest BCUT2D eigenvalue weighted by Crippen LogP contribution is -2.30. The third kappa shape index (κ3) is 4.16. The number of terminal acetylenes is 1. The molecule has 6 heteroatoms. The van der Waals surface area contributed by atoms with E-state index in [-0.39, 0.29) is 19.6 Å². The summed E-state index contributed by atoms with van der Waals surface area (Å²) in [6.45, 7) is 0.331. The highest BCUT2D eigenvalue weighted by atomic mass is 16.5. The molecule has 1 rings (SSSR count). The number of rotatable bonds is 7. The van der Waals surface area contributed by atoms with Gasteiger partial charge in [0.1, 0.15) is 5.69 Å². The van der Waals surface area contributed by atoms with Crippen LogP contribution in [0.3, 0.4) is 0 Å². The molecule has 1 aromatic heterocycles. The smallest absolute Gasteiger partial charge is 0.317 e. The Kier molecular flexibility index (Phi) is 5.64. The molecule has 0 fully saturated rings. The van der Waals surface area contributed by atoms with E-state index in [1.807, 2.05) is 0 Å². The van der Waals surface area contributed by atoms with Crippen LogP contribution in [0.5, 0.6) is 11.5 Å². The maximum absolute atomic E-state index is 10.8. The van der Waals surface area contributed by atoms with Crippen LogP contribution in [0.4, 0.5) is 0 Å². The zero-order chi connectivity index (χ0) is 14.3. The Morgan fingerprint density at radius 3 is 2.79 bits per heavy atom. The number of methoxy groups -OCH3 is 2. The summed E-state index contributed by atoms with van der Waals surface area (Å²) in [7, 11) is 3.03. The predicted molar refractivity (Wildman–Crippen MR) is 69.1 cm³/mol. The fourth-order valence-electron chi connectivity index (χ4n) is 1.66. The lowest BCUT2D eigenvalue weighted by atomic mass is 10.2. The van der Waals surface area contributed by atoms with E-state index in [0.717, 1.165) is 0 Å². The van der Waals surface area contributed by atoms with Gasteiger partial charge in [-0.05, 0) is 0 Å². The number of nitrogens with zero attached hydrogens (tertiary/aromatic N) is 2. The van der Waals surface area contributed by atoms with Crippen LogP contribution in [-0.4, -0.2) is 48.3 Å². The molecule has 102 valence electrons. The van der Waals surface area contributed by atoms with Gasteiger partial charge in [-0.25, -0.2) is 0 Å². The van der Waals surface area contributed by atoms with Crippen molar-refractivity contribution < 1.29 is 19.4 Å². The number of aromatic nitrogens is 1. The molecule has 0 aliphatic carbocycles. The topological polar surface area (TPSA) is 71.9 Å². The number of carboxylic acid groups (broad SMARTS) is 1. The Morgan fingerprint density at radius 2 is 2.26 bits per heavy atom. The Bertz CT molecular complexity index is 482. The summed E-state index contributed by atoms with van der Waals surface area (Å²) in [5.41, 5.74) is 0.582. The van der Waals surface area contributed by atoms with Crippen LogP contribution in [0.2, 0.25) is 0 Å². The van der Waals surface area contributed by atoms with Gasteiger partial charge in [-0.3, -0.25) is 14.7 Å². The minimum atomic E-state index is -0.947. The van der Waals surface area contributed by atoms with Gasteiger partial charge in [0.15, 0.2) is 11.5 Å². The number of pyridine rings is 1. The molecule has 6 nitrogen and oxygen atoms in total. The number of carboxylic acids is 1. The average molecular weight is 264 g/mol. The summed E-state index contributed by atoms with van der Waals surface area (Å²) in [5.74, 6) is 2.50. The lowest BCUT2D eigenvalue weighted by Gasteiger charge is -2.19.